The van der Waals surface area contributed by atoms with E-state index in [0.717, 1.165) is 5.56 Å². The largest absolute Gasteiger partial charge is 0.482 e. The van der Waals surface area contributed by atoms with Crippen molar-refractivity contribution in [3.05, 3.63) is 72.4 Å². The van der Waals surface area contributed by atoms with E-state index in [9.17, 15) is 9.59 Å². The Labute approximate surface area is 191 Å². The van der Waals surface area contributed by atoms with E-state index in [-0.39, 0.29) is 18.6 Å². The van der Waals surface area contributed by atoms with Crippen LogP contribution >= 0.6 is 0 Å². The third kappa shape index (κ3) is 4.85. The first kappa shape index (κ1) is 22.0. The molecule has 0 fully saturated rings. The molecule has 0 spiro atoms. The molecule has 2 heterocycles. The van der Waals surface area contributed by atoms with Crippen LogP contribution in [0.3, 0.4) is 0 Å². The quantitative estimate of drug-likeness (QED) is 0.422. The molecule has 2 aromatic heterocycles. The molecule has 0 bridgehead atoms. The molecule has 0 aliphatic carbocycles. The standard InChI is InChI=1S/C25H24N4O4/c1-16(2)29-24-21(14-26-29)20(13-22(28-24)17-7-5-4-6-8-17)25(31)27-18-9-11-19(12-10-18)33-15-23(30)32-3/h4-14,16H,15H2,1-3H3,(H,27,31). The van der Waals surface area contributed by atoms with Gasteiger partial charge in [0.1, 0.15) is 5.75 Å². The topological polar surface area (TPSA) is 95.3 Å². The highest BCUT2D eigenvalue weighted by atomic mass is 16.6. The monoisotopic (exact) mass is 444 g/mol. The van der Waals surface area contributed by atoms with Crippen LogP contribution in [-0.4, -0.2) is 40.4 Å². The third-order valence-electron chi connectivity index (χ3n) is 5.07. The summed E-state index contributed by atoms with van der Waals surface area (Å²) in [6.45, 7) is 3.86. The predicted molar refractivity (Wildman–Crippen MR) is 125 cm³/mol. The van der Waals surface area contributed by atoms with Crippen molar-refractivity contribution in [2.75, 3.05) is 19.0 Å². The predicted octanol–water partition coefficient (Wildman–Crippen LogP) is 4.48. The van der Waals surface area contributed by atoms with Gasteiger partial charge < -0.3 is 14.8 Å². The number of benzene rings is 2. The summed E-state index contributed by atoms with van der Waals surface area (Å²) in [6.07, 6.45) is 1.68. The number of hydrogen-bond donors (Lipinski definition) is 1. The number of pyridine rings is 1. The number of nitrogens with zero attached hydrogens (tertiary/aromatic N) is 3. The number of esters is 1. The highest BCUT2D eigenvalue weighted by molar-refractivity contribution is 6.12. The van der Waals surface area contributed by atoms with Crippen LogP contribution in [0.4, 0.5) is 5.69 Å². The van der Waals surface area contributed by atoms with E-state index in [0.29, 0.717) is 33.7 Å². The Morgan fingerprint density at radius 3 is 2.45 bits per heavy atom. The zero-order valence-electron chi connectivity index (χ0n) is 18.6. The van der Waals surface area contributed by atoms with Crippen molar-refractivity contribution in [3.63, 3.8) is 0 Å². The molecular formula is C25H24N4O4. The van der Waals surface area contributed by atoms with Crippen molar-refractivity contribution in [1.82, 2.24) is 14.8 Å². The molecule has 0 atom stereocenters. The SMILES string of the molecule is COC(=O)COc1ccc(NC(=O)c2cc(-c3ccccc3)nc3c2cnn3C(C)C)cc1. The Morgan fingerprint density at radius 1 is 1.06 bits per heavy atom. The maximum Gasteiger partial charge on any atom is 0.343 e. The zero-order valence-corrected chi connectivity index (χ0v) is 18.6. The van der Waals surface area contributed by atoms with Gasteiger partial charge in [-0.15, -0.1) is 0 Å². The highest BCUT2D eigenvalue weighted by Crippen LogP contribution is 2.27. The third-order valence-corrected chi connectivity index (χ3v) is 5.07. The lowest BCUT2D eigenvalue weighted by atomic mass is 10.1. The molecule has 4 rings (SSSR count). The molecule has 4 aromatic rings. The minimum absolute atomic E-state index is 0.0921. The van der Waals surface area contributed by atoms with Gasteiger partial charge in [-0.1, -0.05) is 30.3 Å². The fourth-order valence-electron chi connectivity index (χ4n) is 3.37. The number of methoxy groups -OCH3 is 1. The van der Waals surface area contributed by atoms with Crippen molar-refractivity contribution in [2.24, 2.45) is 0 Å². The lowest BCUT2D eigenvalue weighted by Crippen LogP contribution is -2.14. The summed E-state index contributed by atoms with van der Waals surface area (Å²) in [5.41, 5.74) is 3.34. The van der Waals surface area contributed by atoms with Gasteiger partial charge in [0.2, 0.25) is 0 Å². The fourth-order valence-corrected chi connectivity index (χ4v) is 3.37. The summed E-state index contributed by atoms with van der Waals surface area (Å²) >= 11 is 0. The number of ether oxygens (including phenoxy) is 2. The summed E-state index contributed by atoms with van der Waals surface area (Å²) in [5.74, 6) is -0.245. The van der Waals surface area contributed by atoms with Gasteiger partial charge in [-0.25, -0.2) is 14.5 Å². The first-order valence-electron chi connectivity index (χ1n) is 10.5. The first-order chi connectivity index (χ1) is 16.0. The minimum Gasteiger partial charge on any atom is -0.482 e. The second-order valence-electron chi connectivity index (χ2n) is 7.68. The molecule has 0 unspecified atom stereocenters. The molecule has 1 amide bonds. The van der Waals surface area contributed by atoms with E-state index in [1.54, 1.807) is 36.5 Å². The average Bonchev–Trinajstić information content (AvgIpc) is 3.27. The molecule has 168 valence electrons. The molecule has 8 heteroatoms. The number of nitrogens with one attached hydrogen (secondary N) is 1. The number of anilines is 1. The van der Waals surface area contributed by atoms with E-state index >= 15 is 0 Å². The molecule has 2 aromatic carbocycles. The van der Waals surface area contributed by atoms with Gasteiger partial charge in [-0.05, 0) is 44.2 Å². The normalized spacial score (nSPS) is 10.9. The van der Waals surface area contributed by atoms with Crippen LogP contribution in [0, 0.1) is 0 Å². The number of fused-ring (bicyclic) bond motifs is 1. The van der Waals surface area contributed by atoms with E-state index in [2.05, 4.69) is 15.2 Å². The molecule has 0 aliphatic rings. The van der Waals surface area contributed by atoms with Gasteiger partial charge >= 0.3 is 5.97 Å². The summed E-state index contributed by atoms with van der Waals surface area (Å²) in [7, 11) is 1.30. The molecule has 1 N–H and O–H groups in total. The van der Waals surface area contributed by atoms with Crippen molar-refractivity contribution in [3.8, 4) is 17.0 Å². The van der Waals surface area contributed by atoms with E-state index in [1.165, 1.54) is 7.11 Å². The molecule has 8 nitrogen and oxygen atoms in total. The van der Waals surface area contributed by atoms with Crippen LogP contribution in [0.5, 0.6) is 5.75 Å². The molecule has 0 aliphatic heterocycles. The lowest BCUT2D eigenvalue weighted by Gasteiger charge is -2.11. The van der Waals surface area contributed by atoms with Gasteiger partial charge in [0, 0.05) is 17.3 Å². The Bertz CT molecular complexity index is 1280. The zero-order chi connectivity index (χ0) is 23.4. The van der Waals surface area contributed by atoms with Gasteiger partial charge in [0.05, 0.1) is 30.0 Å². The number of rotatable bonds is 7. The first-order valence-corrected chi connectivity index (χ1v) is 10.5. The number of carbonyl (C=O) groups is 2. The maximum absolute atomic E-state index is 13.3. The number of hydrogen-bond acceptors (Lipinski definition) is 6. The summed E-state index contributed by atoms with van der Waals surface area (Å²) < 4.78 is 11.7. The summed E-state index contributed by atoms with van der Waals surface area (Å²) in [6, 6.07) is 18.4. The summed E-state index contributed by atoms with van der Waals surface area (Å²) in [4.78, 5) is 29.3. The Hall–Kier alpha value is -4.20. The van der Waals surface area contributed by atoms with E-state index < -0.39 is 5.97 Å². The van der Waals surface area contributed by atoms with Crippen LogP contribution in [0.15, 0.2) is 66.9 Å². The summed E-state index contributed by atoms with van der Waals surface area (Å²) in [5, 5.41) is 8.05. The van der Waals surface area contributed by atoms with Gasteiger partial charge in [0.15, 0.2) is 12.3 Å². The smallest absolute Gasteiger partial charge is 0.343 e. The molecule has 0 saturated carbocycles. The second kappa shape index (κ2) is 9.52. The van der Waals surface area contributed by atoms with Crippen molar-refractivity contribution < 1.29 is 19.1 Å². The Kier molecular flexibility index (Phi) is 6.35. The van der Waals surface area contributed by atoms with Crippen LogP contribution in [0.1, 0.15) is 30.2 Å². The van der Waals surface area contributed by atoms with Gasteiger partial charge in [0.25, 0.3) is 5.91 Å². The van der Waals surface area contributed by atoms with Crippen molar-refractivity contribution in [1.29, 1.82) is 0 Å². The molecular weight excluding hydrogens is 420 g/mol. The fraction of sp³-hybridized carbons (Fsp3) is 0.200. The van der Waals surface area contributed by atoms with Crippen molar-refractivity contribution in [2.45, 2.75) is 19.9 Å². The van der Waals surface area contributed by atoms with Crippen LogP contribution in [-0.2, 0) is 9.53 Å². The lowest BCUT2D eigenvalue weighted by molar-refractivity contribution is -0.142. The minimum atomic E-state index is -0.467. The van der Waals surface area contributed by atoms with Crippen LogP contribution in [0.2, 0.25) is 0 Å². The maximum atomic E-state index is 13.3. The van der Waals surface area contributed by atoms with Crippen LogP contribution < -0.4 is 10.1 Å². The number of amides is 1. The number of carbonyl (C=O) groups excluding carboxylic acids is 2. The van der Waals surface area contributed by atoms with Gasteiger partial charge in [-0.3, -0.25) is 4.79 Å². The average molecular weight is 444 g/mol. The van der Waals surface area contributed by atoms with E-state index in [4.69, 9.17) is 9.72 Å². The van der Waals surface area contributed by atoms with Crippen molar-refractivity contribution >= 4 is 28.6 Å². The highest BCUT2D eigenvalue weighted by Gasteiger charge is 2.19. The number of aromatic nitrogens is 3. The van der Waals surface area contributed by atoms with E-state index in [1.807, 2.05) is 48.9 Å². The molecule has 0 radical (unpaired) electrons. The molecule has 33 heavy (non-hydrogen) atoms. The Balaban J connectivity index is 1.64. The molecule has 0 saturated heterocycles. The van der Waals surface area contributed by atoms with Gasteiger partial charge in [-0.2, -0.15) is 5.10 Å². The van der Waals surface area contributed by atoms with Crippen LogP contribution in [0.25, 0.3) is 22.3 Å². The Morgan fingerprint density at radius 2 is 1.79 bits per heavy atom. The second-order valence-corrected chi connectivity index (χ2v) is 7.68.